The van der Waals surface area contributed by atoms with E-state index in [1.807, 2.05) is 38.1 Å². The van der Waals surface area contributed by atoms with Gasteiger partial charge in [-0.3, -0.25) is 0 Å². The summed E-state index contributed by atoms with van der Waals surface area (Å²) in [6.07, 6.45) is 2.70. The molecule has 0 saturated heterocycles. The summed E-state index contributed by atoms with van der Waals surface area (Å²) in [4.78, 5) is 0. The van der Waals surface area contributed by atoms with Crippen LogP contribution in [0, 0.1) is 6.92 Å². The molecule has 100 valence electrons. The van der Waals surface area contributed by atoms with Crippen LogP contribution >= 0.6 is 0 Å². The molecular weight excluding hydrogens is 246 g/mol. The summed E-state index contributed by atoms with van der Waals surface area (Å²) in [5.74, 6) is 0.259. The van der Waals surface area contributed by atoms with Gasteiger partial charge in [-0.15, -0.1) is 0 Å². The topological polar surface area (TPSA) is 37.4 Å². The zero-order valence-corrected chi connectivity index (χ0v) is 11.9. The van der Waals surface area contributed by atoms with Crippen LogP contribution in [0.25, 0.3) is 0 Å². The van der Waals surface area contributed by atoms with E-state index in [0.717, 1.165) is 18.4 Å². The van der Waals surface area contributed by atoms with Crippen molar-refractivity contribution in [2.75, 3.05) is 5.75 Å². The number of hydrogen-bond acceptors (Lipinski definition) is 2. The monoisotopic (exact) mass is 267 g/mol. The Morgan fingerprint density at radius 2 is 1.83 bits per heavy atom. The first kappa shape index (κ1) is 13.6. The SMILES string of the molecule is CCCS(=O)(=O)N(Cc1ccc(C)cc1)C1CC1. The molecule has 0 aliphatic heterocycles. The molecule has 1 aromatic carbocycles. The normalized spacial score (nSPS) is 16.2. The molecule has 2 rings (SSSR count). The Balaban J connectivity index is 2.14. The van der Waals surface area contributed by atoms with Gasteiger partial charge in [0.1, 0.15) is 0 Å². The van der Waals surface area contributed by atoms with Crippen LogP contribution in [0.5, 0.6) is 0 Å². The Kier molecular flexibility index (Phi) is 4.07. The maximum absolute atomic E-state index is 12.2. The number of nitrogens with zero attached hydrogens (tertiary/aromatic N) is 1. The van der Waals surface area contributed by atoms with Gasteiger partial charge < -0.3 is 0 Å². The summed E-state index contributed by atoms with van der Waals surface area (Å²) < 4.78 is 26.1. The Morgan fingerprint density at radius 1 is 1.22 bits per heavy atom. The van der Waals surface area contributed by atoms with Crippen molar-refractivity contribution < 1.29 is 8.42 Å². The maximum atomic E-state index is 12.2. The third kappa shape index (κ3) is 3.33. The molecule has 1 saturated carbocycles. The van der Waals surface area contributed by atoms with Gasteiger partial charge in [-0.05, 0) is 31.7 Å². The molecule has 4 heteroatoms. The van der Waals surface area contributed by atoms with Crippen molar-refractivity contribution in [1.82, 2.24) is 4.31 Å². The molecule has 1 aliphatic carbocycles. The average Bonchev–Trinajstić information content (AvgIpc) is 3.12. The molecule has 1 aromatic rings. The summed E-state index contributed by atoms with van der Waals surface area (Å²) in [7, 11) is -3.08. The van der Waals surface area contributed by atoms with Gasteiger partial charge in [0.2, 0.25) is 10.0 Å². The molecule has 1 fully saturated rings. The lowest BCUT2D eigenvalue weighted by molar-refractivity contribution is 0.398. The molecule has 0 spiro atoms. The fraction of sp³-hybridized carbons (Fsp3) is 0.571. The summed E-state index contributed by atoms with van der Waals surface area (Å²) >= 11 is 0. The van der Waals surface area contributed by atoms with E-state index >= 15 is 0 Å². The van der Waals surface area contributed by atoms with Crippen molar-refractivity contribution in [3.05, 3.63) is 35.4 Å². The van der Waals surface area contributed by atoms with Gasteiger partial charge in [0.05, 0.1) is 5.75 Å². The van der Waals surface area contributed by atoms with E-state index in [0.29, 0.717) is 13.0 Å². The fourth-order valence-electron chi connectivity index (χ4n) is 2.07. The predicted octanol–water partition coefficient (Wildman–Crippen LogP) is 2.70. The molecule has 0 N–H and O–H groups in total. The van der Waals surface area contributed by atoms with Crippen molar-refractivity contribution >= 4 is 10.0 Å². The zero-order chi connectivity index (χ0) is 13.2. The summed E-state index contributed by atoms with van der Waals surface area (Å²) in [6, 6.07) is 8.35. The van der Waals surface area contributed by atoms with Gasteiger partial charge >= 0.3 is 0 Å². The second kappa shape index (κ2) is 5.41. The van der Waals surface area contributed by atoms with E-state index in [1.54, 1.807) is 4.31 Å². The summed E-state index contributed by atoms with van der Waals surface area (Å²) in [6.45, 7) is 4.47. The van der Waals surface area contributed by atoms with Crippen molar-refractivity contribution in [3.63, 3.8) is 0 Å². The van der Waals surface area contributed by atoms with Crippen molar-refractivity contribution in [2.45, 2.75) is 45.7 Å². The van der Waals surface area contributed by atoms with Crippen LogP contribution in [0.15, 0.2) is 24.3 Å². The molecule has 18 heavy (non-hydrogen) atoms. The molecule has 1 aliphatic rings. The summed E-state index contributed by atoms with van der Waals surface area (Å²) in [5.41, 5.74) is 2.28. The van der Waals surface area contributed by atoms with E-state index < -0.39 is 10.0 Å². The van der Waals surface area contributed by atoms with Crippen molar-refractivity contribution in [2.24, 2.45) is 0 Å². The molecule has 0 radical (unpaired) electrons. The maximum Gasteiger partial charge on any atom is 0.214 e. The van der Waals surface area contributed by atoms with Crippen LogP contribution in [0.2, 0.25) is 0 Å². The molecular formula is C14H21NO2S. The minimum atomic E-state index is -3.08. The predicted molar refractivity (Wildman–Crippen MR) is 73.8 cm³/mol. The molecule has 0 aromatic heterocycles. The lowest BCUT2D eigenvalue weighted by atomic mass is 10.1. The van der Waals surface area contributed by atoms with E-state index in [-0.39, 0.29) is 11.8 Å². The highest BCUT2D eigenvalue weighted by atomic mass is 32.2. The van der Waals surface area contributed by atoms with Crippen molar-refractivity contribution in [3.8, 4) is 0 Å². The molecule has 0 unspecified atom stereocenters. The van der Waals surface area contributed by atoms with Crippen LogP contribution < -0.4 is 0 Å². The Labute approximate surface area is 110 Å². The van der Waals surface area contributed by atoms with E-state index in [1.165, 1.54) is 5.56 Å². The smallest absolute Gasteiger partial charge is 0.212 e. The van der Waals surface area contributed by atoms with Gasteiger partial charge in [-0.25, -0.2) is 8.42 Å². The average molecular weight is 267 g/mol. The molecule has 3 nitrogen and oxygen atoms in total. The minimum Gasteiger partial charge on any atom is -0.212 e. The Hall–Kier alpha value is -0.870. The lowest BCUT2D eigenvalue weighted by Gasteiger charge is -2.21. The fourth-order valence-corrected chi connectivity index (χ4v) is 3.83. The van der Waals surface area contributed by atoms with Crippen LogP contribution in [-0.2, 0) is 16.6 Å². The highest BCUT2D eigenvalue weighted by Gasteiger charge is 2.36. The second-order valence-electron chi connectivity index (χ2n) is 5.08. The van der Waals surface area contributed by atoms with Crippen LogP contribution in [0.4, 0.5) is 0 Å². The van der Waals surface area contributed by atoms with Gasteiger partial charge in [0.25, 0.3) is 0 Å². The zero-order valence-electron chi connectivity index (χ0n) is 11.1. The molecule has 0 atom stereocenters. The Morgan fingerprint density at radius 3 is 2.33 bits per heavy atom. The van der Waals surface area contributed by atoms with Gasteiger partial charge in [0, 0.05) is 12.6 Å². The third-order valence-corrected chi connectivity index (χ3v) is 5.30. The first-order valence-electron chi connectivity index (χ1n) is 6.58. The van der Waals surface area contributed by atoms with Crippen LogP contribution in [-0.4, -0.2) is 24.5 Å². The number of aryl methyl sites for hydroxylation is 1. The molecule has 0 amide bonds. The van der Waals surface area contributed by atoms with E-state index in [4.69, 9.17) is 0 Å². The lowest BCUT2D eigenvalue weighted by Crippen LogP contribution is -2.34. The van der Waals surface area contributed by atoms with Gasteiger partial charge in [-0.1, -0.05) is 36.8 Å². The van der Waals surface area contributed by atoms with Crippen LogP contribution in [0.1, 0.15) is 37.3 Å². The summed E-state index contributed by atoms with van der Waals surface area (Å²) in [5, 5.41) is 0. The number of benzene rings is 1. The highest BCUT2D eigenvalue weighted by Crippen LogP contribution is 2.31. The first-order valence-corrected chi connectivity index (χ1v) is 8.19. The molecule has 0 bridgehead atoms. The van der Waals surface area contributed by atoms with Gasteiger partial charge in [-0.2, -0.15) is 4.31 Å². The number of hydrogen-bond donors (Lipinski definition) is 0. The number of sulfonamides is 1. The first-order chi connectivity index (χ1) is 8.53. The Bertz CT molecular complexity index is 489. The molecule has 0 heterocycles. The van der Waals surface area contributed by atoms with E-state index in [9.17, 15) is 8.42 Å². The van der Waals surface area contributed by atoms with Crippen molar-refractivity contribution in [1.29, 1.82) is 0 Å². The van der Waals surface area contributed by atoms with E-state index in [2.05, 4.69) is 0 Å². The second-order valence-corrected chi connectivity index (χ2v) is 7.12. The van der Waals surface area contributed by atoms with Gasteiger partial charge in [0.15, 0.2) is 0 Å². The largest absolute Gasteiger partial charge is 0.214 e. The number of rotatable bonds is 6. The standard InChI is InChI=1S/C14H21NO2S/c1-3-10-18(16,17)15(14-8-9-14)11-13-6-4-12(2)5-7-13/h4-7,14H,3,8-11H2,1-2H3. The minimum absolute atomic E-state index is 0.239. The van der Waals surface area contributed by atoms with Crippen LogP contribution in [0.3, 0.4) is 0 Å². The highest BCUT2D eigenvalue weighted by molar-refractivity contribution is 7.89. The quantitative estimate of drug-likeness (QED) is 0.794. The third-order valence-electron chi connectivity index (χ3n) is 3.23.